The molecule has 0 spiro atoms. The number of hydrogen-bond acceptors (Lipinski definition) is 5. The Hall–Kier alpha value is -1.27. The average Bonchev–Trinajstić information content (AvgIpc) is 2.60. The van der Waals surface area contributed by atoms with Crippen LogP contribution in [0.15, 0.2) is 17.0 Å². The summed E-state index contributed by atoms with van der Waals surface area (Å²) in [5.74, 6) is 0.860. The van der Waals surface area contributed by atoms with E-state index in [0.717, 1.165) is 6.26 Å². The Morgan fingerprint density at radius 1 is 1.33 bits per heavy atom. The van der Waals surface area contributed by atoms with Crippen molar-refractivity contribution in [3.05, 3.63) is 17.7 Å². The van der Waals surface area contributed by atoms with Crippen molar-refractivity contribution in [1.82, 2.24) is 0 Å². The summed E-state index contributed by atoms with van der Waals surface area (Å²) < 4.78 is 33.0. The molecule has 15 heavy (non-hydrogen) atoms. The number of aliphatic hydroxyl groups excluding tert-OH is 1. The Kier molecular flexibility index (Phi) is 2.32. The Balaban J connectivity index is 2.64. The monoisotopic (exact) mass is 230 g/mol. The van der Waals surface area contributed by atoms with Crippen LogP contribution in [0.5, 0.6) is 11.5 Å². The van der Waals surface area contributed by atoms with E-state index in [-0.39, 0.29) is 18.3 Å². The zero-order valence-electron chi connectivity index (χ0n) is 8.06. The highest BCUT2D eigenvalue weighted by atomic mass is 32.2. The molecule has 0 amide bonds. The predicted octanol–water partition coefficient (Wildman–Crippen LogP) is 0.311. The zero-order chi connectivity index (χ0) is 11.1. The Bertz CT molecular complexity index is 491. The third-order valence-corrected chi connectivity index (χ3v) is 3.30. The van der Waals surface area contributed by atoms with Crippen molar-refractivity contribution >= 4 is 9.84 Å². The maximum Gasteiger partial charge on any atom is 0.231 e. The summed E-state index contributed by atoms with van der Waals surface area (Å²) in [6, 6.07) is 2.86. The molecule has 0 aliphatic carbocycles. The second kappa shape index (κ2) is 3.39. The first-order chi connectivity index (χ1) is 7.02. The van der Waals surface area contributed by atoms with Crippen LogP contribution >= 0.6 is 0 Å². The molecule has 5 nitrogen and oxygen atoms in total. The van der Waals surface area contributed by atoms with E-state index in [1.165, 1.54) is 12.1 Å². The molecule has 1 aromatic rings. The quantitative estimate of drug-likeness (QED) is 0.791. The zero-order valence-corrected chi connectivity index (χ0v) is 8.87. The van der Waals surface area contributed by atoms with Crippen molar-refractivity contribution in [3.8, 4) is 11.5 Å². The second-order valence-electron chi connectivity index (χ2n) is 3.24. The first-order valence-corrected chi connectivity index (χ1v) is 6.15. The first kappa shape index (κ1) is 10.3. The van der Waals surface area contributed by atoms with E-state index in [1.807, 2.05) is 0 Å². The first-order valence-electron chi connectivity index (χ1n) is 4.26. The Morgan fingerprint density at radius 2 is 1.93 bits per heavy atom. The van der Waals surface area contributed by atoms with Crippen LogP contribution in [0.25, 0.3) is 0 Å². The molecule has 1 N–H and O–H groups in total. The fourth-order valence-electron chi connectivity index (χ4n) is 1.43. The molecule has 0 radical (unpaired) electrons. The maximum atomic E-state index is 11.4. The number of fused-ring (bicyclic) bond motifs is 1. The predicted molar refractivity (Wildman–Crippen MR) is 51.6 cm³/mol. The van der Waals surface area contributed by atoms with E-state index < -0.39 is 9.84 Å². The number of rotatable bonds is 2. The van der Waals surface area contributed by atoms with Gasteiger partial charge in [-0.3, -0.25) is 0 Å². The number of benzene rings is 1. The van der Waals surface area contributed by atoms with Crippen molar-refractivity contribution in [2.24, 2.45) is 0 Å². The number of sulfone groups is 1. The molecule has 0 aromatic heterocycles. The molecule has 1 heterocycles. The molecule has 0 bridgehead atoms. The summed E-state index contributed by atoms with van der Waals surface area (Å²) in [7, 11) is -3.36. The Morgan fingerprint density at radius 3 is 2.47 bits per heavy atom. The molecule has 0 unspecified atom stereocenters. The minimum atomic E-state index is -3.36. The summed E-state index contributed by atoms with van der Waals surface area (Å²) in [5.41, 5.74) is 0.321. The standard InChI is InChI=1S/C9H10O5S/c1-15(11,12)9-3-8-7(13-5-14-8)2-6(9)4-10/h2-3,10H,4-5H2,1H3. The number of ether oxygens (including phenoxy) is 2. The van der Waals surface area contributed by atoms with E-state index in [0.29, 0.717) is 17.1 Å². The van der Waals surface area contributed by atoms with Crippen LogP contribution in [0.3, 0.4) is 0 Å². The van der Waals surface area contributed by atoms with Crippen LogP contribution in [-0.4, -0.2) is 26.6 Å². The van der Waals surface area contributed by atoms with Crippen molar-refractivity contribution in [1.29, 1.82) is 0 Å². The molecule has 0 saturated carbocycles. The summed E-state index contributed by atoms with van der Waals surface area (Å²) >= 11 is 0. The maximum absolute atomic E-state index is 11.4. The van der Waals surface area contributed by atoms with Crippen molar-refractivity contribution < 1.29 is 23.0 Å². The molecule has 2 rings (SSSR count). The third-order valence-electron chi connectivity index (χ3n) is 2.13. The lowest BCUT2D eigenvalue weighted by atomic mass is 10.2. The topological polar surface area (TPSA) is 72.8 Å². The molecule has 6 heteroatoms. The molecule has 0 atom stereocenters. The lowest BCUT2D eigenvalue weighted by Gasteiger charge is -2.06. The minimum absolute atomic E-state index is 0.0768. The van der Waals surface area contributed by atoms with Crippen molar-refractivity contribution in [3.63, 3.8) is 0 Å². The van der Waals surface area contributed by atoms with Gasteiger partial charge in [0, 0.05) is 12.3 Å². The van der Waals surface area contributed by atoms with Gasteiger partial charge in [0.25, 0.3) is 0 Å². The van der Waals surface area contributed by atoms with Crippen LogP contribution < -0.4 is 9.47 Å². The van der Waals surface area contributed by atoms with Gasteiger partial charge in [-0.1, -0.05) is 0 Å². The second-order valence-corrected chi connectivity index (χ2v) is 5.23. The molecule has 1 aromatic carbocycles. The highest BCUT2D eigenvalue weighted by Crippen LogP contribution is 2.36. The van der Waals surface area contributed by atoms with Crippen LogP contribution in [0.1, 0.15) is 5.56 Å². The van der Waals surface area contributed by atoms with Crippen molar-refractivity contribution in [2.75, 3.05) is 13.0 Å². The Labute approximate surface area is 87.2 Å². The summed E-state index contributed by atoms with van der Waals surface area (Å²) in [5, 5.41) is 9.05. The van der Waals surface area contributed by atoms with Gasteiger partial charge in [-0.25, -0.2) is 8.42 Å². The van der Waals surface area contributed by atoms with Gasteiger partial charge in [-0.2, -0.15) is 0 Å². The fraction of sp³-hybridized carbons (Fsp3) is 0.333. The third kappa shape index (κ3) is 1.78. The van der Waals surface area contributed by atoms with E-state index in [4.69, 9.17) is 14.6 Å². The van der Waals surface area contributed by atoms with Gasteiger partial charge >= 0.3 is 0 Å². The number of hydrogen-bond donors (Lipinski definition) is 1. The summed E-state index contributed by atoms with van der Waals surface area (Å²) in [6.45, 7) is -0.271. The molecule has 82 valence electrons. The highest BCUT2D eigenvalue weighted by Gasteiger charge is 2.21. The molecule has 1 aliphatic heterocycles. The molecule has 1 aliphatic rings. The molecular weight excluding hydrogens is 220 g/mol. The molecule has 0 saturated heterocycles. The van der Waals surface area contributed by atoms with Gasteiger partial charge in [0.2, 0.25) is 6.79 Å². The van der Waals surface area contributed by atoms with Gasteiger partial charge in [0.05, 0.1) is 11.5 Å². The average molecular weight is 230 g/mol. The molecule has 0 fully saturated rings. The highest BCUT2D eigenvalue weighted by molar-refractivity contribution is 7.90. The van der Waals surface area contributed by atoms with E-state index in [9.17, 15) is 8.42 Å². The van der Waals surface area contributed by atoms with Gasteiger partial charge in [0.15, 0.2) is 21.3 Å². The van der Waals surface area contributed by atoms with Crippen LogP contribution in [0, 0.1) is 0 Å². The summed E-state index contributed by atoms with van der Waals surface area (Å²) in [6.07, 6.45) is 1.09. The largest absolute Gasteiger partial charge is 0.454 e. The van der Waals surface area contributed by atoms with Crippen LogP contribution in [-0.2, 0) is 16.4 Å². The summed E-state index contributed by atoms with van der Waals surface area (Å²) in [4.78, 5) is 0.0780. The van der Waals surface area contributed by atoms with Crippen LogP contribution in [0.4, 0.5) is 0 Å². The van der Waals surface area contributed by atoms with E-state index in [1.54, 1.807) is 0 Å². The van der Waals surface area contributed by atoms with E-state index in [2.05, 4.69) is 0 Å². The van der Waals surface area contributed by atoms with Crippen molar-refractivity contribution in [2.45, 2.75) is 11.5 Å². The lowest BCUT2D eigenvalue weighted by Crippen LogP contribution is -2.02. The van der Waals surface area contributed by atoms with Gasteiger partial charge in [0.1, 0.15) is 0 Å². The smallest absolute Gasteiger partial charge is 0.231 e. The van der Waals surface area contributed by atoms with Crippen LogP contribution in [0.2, 0.25) is 0 Å². The van der Waals surface area contributed by atoms with Gasteiger partial charge < -0.3 is 14.6 Å². The van der Waals surface area contributed by atoms with Gasteiger partial charge in [-0.05, 0) is 11.6 Å². The number of aliphatic hydroxyl groups is 1. The molecular formula is C9H10O5S. The van der Waals surface area contributed by atoms with Gasteiger partial charge in [-0.15, -0.1) is 0 Å². The fourth-order valence-corrected chi connectivity index (χ4v) is 2.36. The SMILES string of the molecule is CS(=O)(=O)c1cc2c(cc1CO)OCO2. The minimum Gasteiger partial charge on any atom is -0.454 e. The lowest BCUT2D eigenvalue weighted by molar-refractivity contribution is 0.173. The normalized spacial score (nSPS) is 14.3. The van der Waals surface area contributed by atoms with E-state index >= 15 is 0 Å².